The molecule has 8 nitrogen and oxygen atoms in total. The lowest BCUT2D eigenvalue weighted by Crippen LogP contribution is -2.43. The lowest BCUT2D eigenvalue weighted by Gasteiger charge is -2.29. The molecule has 214 valence electrons. The lowest BCUT2D eigenvalue weighted by atomic mass is 10.1. The number of carbonyl (C=O) groups excluding carboxylic acids is 1. The fraction of sp³-hybridized carbons (Fsp3) is 0.531. The first kappa shape index (κ1) is 28.5. The molecule has 2 fully saturated rings. The lowest BCUT2D eigenvalue weighted by molar-refractivity contribution is -0.123. The van der Waals surface area contributed by atoms with Crippen molar-refractivity contribution in [1.29, 1.82) is 0 Å². The van der Waals surface area contributed by atoms with Crippen LogP contribution in [0.1, 0.15) is 50.5 Å². The second kappa shape index (κ2) is 14.5. The van der Waals surface area contributed by atoms with Crippen LogP contribution in [0.4, 0.5) is 5.69 Å². The van der Waals surface area contributed by atoms with Crippen molar-refractivity contribution >= 4 is 22.5 Å². The topological polar surface area (TPSA) is 82.6 Å². The molecule has 0 radical (unpaired) electrons. The average molecular weight is 545 g/mol. The number of ether oxygens (including phenoxy) is 1. The normalized spacial score (nSPS) is 17.2. The first-order chi connectivity index (χ1) is 19.6. The highest BCUT2D eigenvalue weighted by Gasteiger charge is 2.18. The monoisotopic (exact) mass is 544 g/mol. The zero-order chi connectivity index (χ0) is 27.6. The number of hydrogen-bond acceptors (Lipinski definition) is 7. The first-order valence-corrected chi connectivity index (χ1v) is 15.0. The van der Waals surface area contributed by atoms with Crippen LogP contribution in [0.2, 0.25) is 0 Å². The van der Waals surface area contributed by atoms with Crippen LogP contribution in [-0.2, 0) is 16.1 Å². The number of anilines is 1. The van der Waals surface area contributed by atoms with E-state index in [0.717, 1.165) is 78.9 Å². The Morgan fingerprint density at radius 2 is 1.85 bits per heavy atom. The van der Waals surface area contributed by atoms with E-state index in [1.54, 1.807) is 6.20 Å². The van der Waals surface area contributed by atoms with Gasteiger partial charge in [0, 0.05) is 48.0 Å². The van der Waals surface area contributed by atoms with Gasteiger partial charge in [-0.25, -0.2) is 4.98 Å². The minimum atomic E-state index is 0.0818. The minimum absolute atomic E-state index is 0.0818. The Morgan fingerprint density at radius 1 is 1.05 bits per heavy atom. The molecule has 0 spiro atoms. The van der Waals surface area contributed by atoms with Crippen molar-refractivity contribution in [3.8, 4) is 11.3 Å². The van der Waals surface area contributed by atoms with Gasteiger partial charge >= 0.3 is 0 Å². The van der Waals surface area contributed by atoms with Gasteiger partial charge in [-0.1, -0.05) is 30.7 Å². The standard InChI is InChI=1S/C32H44N6O2/c1-37-19-11-27(12-20-37)35-32(39)13-21-40-24-25-6-8-26(9-7-25)30-22-31(28-23-33-15-10-29(28)36-30)34-14-5-18-38-16-3-2-4-17-38/h6-10,15,22-23,27H,2-5,11-14,16-21,24H2,1H3,(H,34,36)(H,35,39). The number of aromatic nitrogens is 2. The molecule has 0 saturated carbocycles. The Morgan fingerprint density at radius 3 is 2.65 bits per heavy atom. The number of nitrogens with one attached hydrogen (secondary N) is 2. The van der Waals surface area contributed by atoms with Gasteiger partial charge in [-0.15, -0.1) is 0 Å². The molecule has 2 aromatic heterocycles. The van der Waals surface area contributed by atoms with Gasteiger partial charge in [0.25, 0.3) is 0 Å². The summed E-state index contributed by atoms with van der Waals surface area (Å²) in [4.78, 5) is 26.4. The van der Waals surface area contributed by atoms with Gasteiger partial charge in [-0.3, -0.25) is 9.78 Å². The van der Waals surface area contributed by atoms with E-state index in [-0.39, 0.29) is 5.91 Å². The molecule has 2 aliphatic rings. The third-order valence-electron chi connectivity index (χ3n) is 8.10. The molecule has 40 heavy (non-hydrogen) atoms. The number of fused-ring (bicyclic) bond motifs is 1. The summed E-state index contributed by atoms with van der Waals surface area (Å²) in [5.41, 5.74) is 5.11. The molecule has 0 unspecified atom stereocenters. The minimum Gasteiger partial charge on any atom is -0.384 e. The van der Waals surface area contributed by atoms with Crippen molar-refractivity contribution in [2.45, 2.75) is 57.6 Å². The quantitative estimate of drug-likeness (QED) is 0.320. The number of piperidine rings is 2. The zero-order valence-corrected chi connectivity index (χ0v) is 23.9. The zero-order valence-electron chi connectivity index (χ0n) is 23.9. The van der Waals surface area contributed by atoms with Gasteiger partial charge in [0.1, 0.15) is 0 Å². The Kier molecular flexibility index (Phi) is 10.3. The molecular weight excluding hydrogens is 500 g/mol. The molecule has 0 aliphatic carbocycles. The fourth-order valence-corrected chi connectivity index (χ4v) is 5.65. The van der Waals surface area contributed by atoms with E-state index >= 15 is 0 Å². The number of likely N-dealkylation sites (tertiary alicyclic amines) is 2. The molecule has 0 atom stereocenters. The molecule has 4 heterocycles. The van der Waals surface area contributed by atoms with Gasteiger partial charge in [0.15, 0.2) is 0 Å². The van der Waals surface area contributed by atoms with E-state index in [4.69, 9.17) is 9.72 Å². The fourth-order valence-electron chi connectivity index (χ4n) is 5.65. The third-order valence-corrected chi connectivity index (χ3v) is 8.10. The van der Waals surface area contributed by atoms with Crippen molar-refractivity contribution in [1.82, 2.24) is 25.1 Å². The molecule has 2 saturated heterocycles. The van der Waals surface area contributed by atoms with Gasteiger partial charge < -0.3 is 25.2 Å². The number of benzene rings is 1. The Hall–Kier alpha value is -3.07. The SMILES string of the molecule is CN1CCC(NC(=O)CCOCc2ccc(-c3cc(NCCCN4CCCCC4)c4cnccc4n3)cc2)CC1. The highest BCUT2D eigenvalue weighted by atomic mass is 16.5. The van der Waals surface area contributed by atoms with Crippen molar-refractivity contribution in [2.24, 2.45) is 0 Å². The largest absolute Gasteiger partial charge is 0.384 e. The van der Waals surface area contributed by atoms with Crippen LogP contribution in [0.3, 0.4) is 0 Å². The van der Waals surface area contributed by atoms with Crippen LogP contribution in [0.5, 0.6) is 0 Å². The number of nitrogens with zero attached hydrogens (tertiary/aromatic N) is 4. The Bertz CT molecular complexity index is 1220. The van der Waals surface area contributed by atoms with E-state index in [0.29, 0.717) is 25.7 Å². The summed E-state index contributed by atoms with van der Waals surface area (Å²) in [6.45, 7) is 7.54. The van der Waals surface area contributed by atoms with Gasteiger partial charge in [0.05, 0.1) is 24.4 Å². The van der Waals surface area contributed by atoms with Gasteiger partial charge in [0.2, 0.25) is 5.91 Å². The van der Waals surface area contributed by atoms with Gasteiger partial charge in [-0.2, -0.15) is 0 Å². The molecule has 1 aromatic carbocycles. The predicted octanol–water partition coefficient (Wildman–Crippen LogP) is 4.70. The van der Waals surface area contributed by atoms with Crippen molar-refractivity contribution in [3.05, 3.63) is 54.4 Å². The molecule has 0 bridgehead atoms. The first-order valence-electron chi connectivity index (χ1n) is 15.0. The van der Waals surface area contributed by atoms with Crippen LogP contribution in [0.15, 0.2) is 48.8 Å². The summed E-state index contributed by atoms with van der Waals surface area (Å²) in [6.07, 6.45) is 11.3. The van der Waals surface area contributed by atoms with Crippen molar-refractivity contribution in [2.75, 3.05) is 58.2 Å². The average Bonchev–Trinajstić information content (AvgIpc) is 2.99. The van der Waals surface area contributed by atoms with E-state index in [2.05, 4.69) is 62.8 Å². The summed E-state index contributed by atoms with van der Waals surface area (Å²) in [5.74, 6) is 0.0818. The summed E-state index contributed by atoms with van der Waals surface area (Å²) < 4.78 is 5.81. The molecule has 8 heteroatoms. The van der Waals surface area contributed by atoms with Crippen LogP contribution < -0.4 is 10.6 Å². The Labute approximate surface area is 238 Å². The van der Waals surface area contributed by atoms with E-state index < -0.39 is 0 Å². The number of hydrogen-bond donors (Lipinski definition) is 2. The molecule has 5 rings (SSSR count). The van der Waals surface area contributed by atoms with Gasteiger partial charge in [-0.05, 0) is 89.6 Å². The molecule has 2 aliphatic heterocycles. The predicted molar refractivity (Wildman–Crippen MR) is 161 cm³/mol. The second-order valence-electron chi connectivity index (χ2n) is 11.3. The molecule has 2 N–H and O–H groups in total. The molecular formula is C32H44N6O2. The maximum absolute atomic E-state index is 12.3. The Balaban J connectivity index is 1.11. The summed E-state index contributed by atoms with van der Waals surface area (Å²) in [5, 5.41) is 7.86. The van der Waals surface area contributed by atoms with Crippen molar-refractivity contribution < 1.29 is 9.53 Å². The van der Waals surface area contributed by atoms with E-state index in [1.807, 2.05) is 12.3 Å². The highest BCUT2D eigenvalue weighted by molar-refractivity contribution is 5.93. The van der Waals surface area contributed by atoms with E-state index in [1.165, 1.54) is 32.4 Å². The summed E-state index contributed by atoms with van der Waals surface area (Å²) in [7, 11) is 2.13. The van der Waals surface area contributed by atoms with Crippen LogP contribution in [-0.4, -0.2) is 84.6 Å². The summed E-state index contributed by atoms with van der Waals surface area (Å²) in [6, 6.07) is 12.8. The smallest absolute Gasteiger partial charge is 0.222 e. The maximum atomic E-state index is 12.3. The third kappa shape index (κ3) is 8.22. The van der Waals surface area contributed by atoms with E-state index in [9.17, 15) is 4.79 Å². The molecule has 3 aromatic rings. The number of pyridine rings is 2. The maximum Gasteiger partial charge on any atom is 0.222 e. The van der Waals surface area contributed by atoms with Crippen molar-refractivity contribution in [3.63, 3.8) is 0 Å². The van der Waals surface area contributed by atoms with Crippen LogP contribution in [0.25, 0.3) is 22.2 Å². The molecule has 1 amide bonds. The number of carbonyl (C=O) groups is 1. The number of amides is 1. The summed E-state index contributed by atoms with van der Waals surface area (Å²) >= 11 is 0. The highest BCUT2D eigenvalue weighted by Crippen LogP contribution is 2.28. The second-order valence-corrected chi connectivity index (χ2v) is 11.3. The number of rotatable bonds is 12. The van der Waals surface area contributed by atoms with Crippen LogP contribution in [0, 0.1) is 0 Å². The van der Waals surface area contributed by atoms with Crippen LogP contribution >= 0.6 is 0 Å².